The number of nitrogens with zero attached hydrogens (tertiary/aromatic N) is 1. The van der Waals surface area contributed by atoms with Crippen LogP contribution in [0.1, 0.15) is 24.2 Å². The van der Waals surface area contributed by atoms with Crippen molar-refractivity contribution >= 4 is 39.0 Å². The zero-order valence-electron chi connectivity index (χ0n) is 10.1. The van der Waals surface area contributed by atoms with Crippen LogP contribution in [0, 0.1) is 5.82 Å². The average molecular weight is 333 g/mol. The number of hydrogen-bond donors (Lipinski definition) is 1. The van der Waals surface area contributed by atoms with E-state index in [2.05, 4.69) is 15.9 Å². The SMILES string of the molecule is CC(C)N(CC(N)=S)C(=O)c1cc(F)ccc1Br. The van der Waals surface area contributed by atoms with Crippen LogP contribution in [0.15, 0.2) is 22.7 Å². The fourth-order valence-corrected chi connectivity index (χ4v) is 2.03. The van der Waals surface area contributed by atoms with Gasteiger partial charge in [-0.15, -0.1) is 0 Å². The number of amides is 1. The van der Waals surface area contributed by atoms with Crippen molar-refractivity contribution in [1.29, 1.82) is 0 Å². The molecule has 0 atom stereocenters. The first-order valence-corrected chi connectivity index (χ1v) is 6.57. The van der Waals surface area contributed by atoms with Crippen LogP contribution in [0.2, 0.25) is 0 Å². The van der Waals surface area contributed by atoms with E-state index in [-0.39, 0.29) is 29.0 Å². The Morgan fingerprint density at radius 3 is 2.67 bits per heavy atom. The third-order valence-corrected chi connectivity index (χ3v) is 3.19. The maximum Gasteiger partial charge on any atom is 0.255 e. The van der Waals surface area contributed by atoms with E-state index in [1.165, 1.54) is 23.1 Å². The second kappa shape index (κ2) is 6.24. The third-order valence-electron chi connectivity index (χ3n) is 2.37. The molecular formula is C12H14BrFN2OS. The van der Waals surface area contributed by atoms with Crippen LogP contribution < -0.4 is 5.73 Å². The Morgan fingerprint density at radius 2 is 2.17 bits per heavy atom. The smallest absolute Gasteiger partial charge is 0.255 e. The molecule has 0 aliphatic heterocycles. The quantitative estimate of drug-likeness (QED) is 0.862. The molecule has 0 saturated carbocycles. The van der Waals surface area contributed by atoms with Gasteiger partial charge in [0, 0.05) is 10.5 Å². The highest BCUT2D eigenvalue weighted by atomic mass is 79.9. The van der Waals surface area contributed by atoms with Gasteiger partial charge >= 0.3 is 0 Å². The molecule has 0 aliphatic carbocycles. The lowest BCUT2D eigenvalue weighted by molar-refractivity contribution is 0.0734. The van der Waals surface area contributed by atoms with Crippen molar-refractivity contribution in [2.24, 2.45) is 5.73 Å². The summed E-state index contributed by atoms with van der Waals surface area (Å²) in [5, 5.41) is 0. The predicted molar refractivity (Wildman–Crippen MR) is 77.1 cm³/mol. The van der Waals surface area contributed by atoms with Crippen LogP contribution in [0.3, 0.4) is 0 Å². The molecule has 0 saturated heterocycles. The number of carbonyl (C=O) groups is 1. The molecule has 1 rings (SSSR count). The average Bonchev–Trinajstić information content (AvgIpc) is 2.27. The van der Waals surface area contributed by atoms with Gasteiger partial charge in [-0.2, -0.15) is 0 Å². The molecule has 0 aliphatic rings. The number of rotatable bonds is 4. The second-order valence-corrected chi connectivity index (χ2v) is 5.50. The van der Waals surface area contributed by atoms with Gasteiger partial charge in [-0.1, -0.05) is 12.2 Å². The molecule has 3 nitrogen and oxygen atoms in total. The van der Waals surface area contributed by atoms with Crippen LogP contribution in [0.4, 0.5) is 4.39 Å². The number of carbonyl (C=O) groups excluding carboxylic acids is 1. The minimum Gasteiger partial charge on any atom is -0.392 e. The van der Waals surface area contributed by atoms with E-state index in [0.29, 0.717) is 4.47 Å². The standard InChI is InChI=1S/C12H14BrFN2OS/c1-7(2)16(6-11(15)18)12(17)9-5-8(14)3-4-10(9)13/h3-5,7H,6H2,1-2H3,(H2,15,18). The van der Waals surface area contributed by atoms with Crippen molar-refractivity contribution in [2.45, 2.75) is 19.9 Å². The largest absolute Gasteiger partial charge is 0.392 e. The Morgan fingerprint density at radius 1 is 1.56 bits per heavy atom. The molecule has 0 unspecified atom stereocenters. The monoisotopic (exact) mass is 332 g/mol. The van der Waals surface area contributed by atoms with Crippen LogP contribution >= 0.6 is 28.1 Å². The summed E-state index contributed by atoms with van der Waals surface area (Å²) in [6, 6.07) is 3.91. The van der Waals surface area contributed by atoms with Gasteiger partial charge in [0.25, 0.3) is 5.91 Å². The molecule has 0 radical (unpaired) electrons. The lowest BCUT2D eigenvalue weighted by atomic mass is 10.1. The molecule has 0 aromatic heterocycles. The number of nitrogens with two attached hydrogens (primary N) is 1. The van der Waals surface area contributed by atoms with E-state index in [1.807, 2.05) is 13.8 Å². The Hall–Kier alpha value is -1.01. The van der Waals surface area contributed by atoms with Crippen LogP contribution in [-0.2, 0) is 0 Å². The molecule has 0 bridgehead atoms. The van der Waals surface area contributed by atoms with Crippen LogP contribution in [0.25, 0.3) is 0 Å². The Balaban J connectivity index is 3.09. The Kier molecular flexibility index (Phi) is 5.22. The van der Waals surface area contributed by atoms with E-state index in [0.717, 1.165) is 0 Å². The Labute approximate surface area is 119 Å². The van der Waals surface area contributed by atoms with Gasteiger partial charge in [0.15, 0.2) is 0 Å². The number of thiocarbonyl (C=S) groups is 1. The molecule has 0 heterocycles. The summed E-state index contributed by atoms with van der Waals surface area (Å²) in [4.78, 5) is 14.0. The summed E-state index contributed by atoms with van der Waals surface area (Å²) in [6.07, 6.45) is 0. The number of benzene rings is 1. The van der Waals surface area contributed by atoms with Crippen molar-refractivity contribution in [3.63, 3.8) is 0 Å². The summed E-state index contributed by atoms with van der Waals surface area (Å²) in [5.41, 5.74) is 5.73. The first-order valence-electron chi connectivity index (χ1n) is 5.37. The van der Waals surface area contributed by atoms with Gasteiger partial charge in [0.2, 0.25) is 0 Å². The second-order valence-electron chi connectivity index (χ2n) is 4.12. The summed E-state index contributed by atoms with van der Waals surface area (Å²) < 4.78 is 13.7. The molecular weight excluding hydrogens is 319 g/mol. The van der Waals surface area contributed by atoms with Crippen LogP contribution in [0.5, 0.6) is 0 Å². The lowest BCUT2D eigenvalue weighted by Crippen LogP contribution is -2.42. The summed E-state index contributed by atoms with van der Waals surface area (Å²) >= 11 is 8.05. The molecule has 0 fully saturated rings. The zero-order valence-corrected chi connectivity index (χ0v) is 12.5. The molecule has 0 spiro atoms. The first-order chi connectivity index (χ1) is 8.32. The van der Waals surface area contributed by atoms with E-state index in [1.54, 1.807) is 0 Å². The summed E-state index contributed by atoms with van der Waals surface area (Å²) in [7, 11) is 0. The van der Waals surface area contributed by atoms with Crippen molar-refractivity contribution < 1.29 is 9.18 Å². The predicted octanol–water partition coefficient (Wildman–Crippen LogP) is 2.72. The minimum absolute atomic E-state index is 0.0748. The maximum atomic E-state index is 13.2. The highest BCUT2D eigenvalue weighted by molar-refractivity contribution is 9.10. The van der Waals surface area contributed by atoms with E-state index in [9.17, 15) is 9.18 Å². The number of halogens is 2. The topological polar surface area (TPSA) is 46.3 Å². The van der Waals surface area contributed by atoms with Crippen molar-refractivity contribution in [2.75, 3.05) is 6.54 Å². The summed E-state index contributed by atoms with van der Waals surface area (Å²) in [5.74, 6) is -0.759. The van der Waals surface area contributed by atoms with Gasteiger partial charge in [0.1, 0.15) is 5.82 Å². The number of hydrogen-bond acceptors (Lipinski definition) is 2. The highest BCUT2D eigenvalue weighted by Gasteiger charge is 2.21. The minimum atomic E-state index is -0.458. The molecule has 1 aromatic carbocycles. The van der Waals surface area contributed by atoms with E-state index < -0.39 is 5.82 Å². The summed E-state index contributed by atoms with van der Waals surface area (Å²) in [6.45, 7) is 3.88. The first kappa shape index (κ1) is 15.0. The van der Waals surface area contributed by atoms with Gasteiger partial charge in [-0.25, -0.2) is 4.39 Å². The molecule has 2 N–H and O–H groups in total. The molecule has 6 heteroatoms. The Bertz CT molecular complexity index is 479. The molecule has 18 heavy (non-hydrogen) atoms. The van der Waals surface area contributed by atoms with Gasteiger partial charge in [-0.3, -0.25) is 4.79 Å². The van der Waals surface area contributed by atoms with Gasteiger partial charge < -0.3 is 10.6 Å². The fraction of sp³-hybridized carbons (Fsp3) is 0.333. The van der Waals surface area contributed by atoms with Gasteiger partial charge in [-0.05, 0) is 48.0 Å². The van der Waals surface area contributed by atoms with Gasteiger partial charge in [0.05, 0.1) is 17.1 Å². The molecule has 1 amide bonds. The molecule has 1 aromatic rings. The van der Waals surface area contributed by atoms with E-state index in [4.69, 9.17) is 18.0 Å². The highest BCUT2D eigenvalue weighted by Crippen LogP contribution is 2.20. The van der Waals surface area contributed by atoms with Crippen molar-refractivity contribution in [1.82, 2.24) is 4.90 Å². The van der Waals surface area contributed by atoms with E-state index >= 15 is 0 Å². The molecule has 98 valence electrons. The maximum absolute atomic E-state index is 13.2. The van der Waals surface area contributed by atoms with Crippen molar-refractivity contribution in [3.05, 3.63) is 34.1 Å². The van der Waals surface area contributed by atoms with Crippen molar-refractivity contribution in [3.8, 4) is 0 Å². The fourth-order valence-electron chi connectivity index (χ4n) is 1.47. The zero-order chi connectivity index (χ0) is 13.9. The lowest BCUT2D eigenvalue weighted by Gasteiger charge is -2.26. The van der Waals surface area contributed by atoms with Crippen LogP contribution in [-0.4, -0.2) is 28.4 Å². The third kappa shape index (κ3) is 3.74. The normalized spacial score (nSPS) is 10.5.